The topological polar surface area (TPSA) is 158 Å². The van der Waals surface area contributed by atoms with Crippen LogP contribution in [0.3, 0.4) is 0 Å². The molecule has 0 radical (unpaired) electrons. The molecular formula is C27H26Cl2FN7O5. The van der Waals surface area contributed by atoms with Crippen LogP contribution >= 0.6 is 23.2 Å². The van der Waals surface area contributed by atoms with E-state index in [9.17, 15) is 23.9 Å². The molecule has 42 heavy (non-hydrogen) atoms. The Balaban J connectivity index is 1.55. The summed E-state index contributed by atoms with van der Waals surface area (Å²) in [5.41, 5.74) is 5.54. The van der Waals surface area contributed by atoms with Crippen LogP contribution in [0, 0.1) is 12.9 Å². The van der Waals surface area contributed by atoms with Crippen molar-refractivity contribution in [2.24, 2.45) is 12.8 Å². The minimum Gasteiger partial charge on any atom is -0.506 e. The van der Waals surface area contributed by atoms with Gasteiger partial charge in [0.25, 0.3) is 11.5 Å². The maximum Gasteiger partial charge on any atom is 0.263 e. The molecule has 0 spiro atoms. The van der Waals surface area contributed by atoms with Crippen molar-refractivity contribution in [2.75, 3.05) is 30.0 Å². The van der Waals surface area contributed by atoms with Crippen molar-refractivity contribution in [2.45, 2.75) is 26.4 Å². The highest BCUT2D eigenvalue weighted by Crippen LogP contribution is 2.36. The Labute approximate surface area is 248 Å². The average Bonchev–Trinajstić information content (AvgIpc) is 3.28. The fourth-order valence-corrected chi connectivity index (χ4v) is 5.20. The van der Waals surface area contributed by atoms with E-state index in [2.05, 4.69) is 15.3 Å². The highest BCUT2D eigenvalue weighted by molar-refractivity contribution is 6.34. The number of aryl methyl sites for hydroxylation is 1. The number of anilines is 2. The number of amides is 2. The second-order valence-electron chi connectivity index (χ2n) is 9.91. The number of hydrogen-bond acceptors (Lipinski definition) is 8. The lowest BCUT2D eigenvalue weighted by Crippen LogP contribution is -2.44. The maximum absolute atomic E-state index is 14.7. The predicted octanol–water partition coefficient (Wildman–Crippen LogP) is 3.22. The van der Waals surface area contributed by atoms with Crippen LogP contribution < -0.4 is 21.5 Å². The highest BCUT2D eigenvalue weighted by Gasteiger charge is 2.25. The zero-order valence-corrected chi connectivity index (χ0v) is 24.3. The van der Waals surface area contributed by atoms with Gasteiger partial charge in [-0.1, -0.05) is 23.2 Å². The third-order valence-electron chi connectivity index (χ3n) is 7.12. The number of ether oxygens (including phenoxy) is 1. The van der Waals surface area contributed by atoms with Gasteiger partial charge in [0.05, 0.1) is 40.9 Å². The molecule has 4 N–H and O–H groups in total. The standard InChI is InChI=1S/C27H26Cl2FN7O5/c1-12-11-42-5-4-37(12)19-8-18(22(29)24(30)34-19)33-20(38)10-36-9-16(21-26(36)32-13(2)35(3)27(21)41)14-6-15(25(31)40)23(39)17(28)7-14/h6-9,12,39H,4-5,10-11H2,1-3H3,(H2,31,40)(H,33,34,38)/t12-/m0/s1. The van der Waals surface area contributed by atoms with Gasteiger partial charge < -0.3 is 30.4 Å². The number of aromatic hydroxyl groups is 1. The molecule has 4 heterocycles. The highest BCUT2D eigenvalue weighted by atomic mass is 35.5. The molecule has 0 aliphatic carbocycles. The van der Waals surface area contributed by atoms with Crippen molar-refractivity contribution in [1.82, 2.24) is 19.1 Å². The number of carbonyl (C=O) groups excluding carboxylic acids is 2. The molecule has 1 atom stereocenters. The number of aromatic nitrogens is 4. The SMILES string of the molecule is Cc1nc2c(c(-c3cc(Cl)c(O)c(C(N)=O)c3)cn2CC(=O)Nc2cc(N3CCOC[C@@H]3C)nc(F)c2Cl)c(=O)n1C. The van der Waals surface area contributed by atoms with Crippen LogP contribution in [-0.2, 0) is 23.1 Å². The van der Waals surface area contributed by atoms with Gasteiger partial charge in [-0.25, -0.2) is 9.97 Å². The molecule has 0 saturated carbocycles. The smallest absolute Gasteiger partial charge is 0.263 e. The summed E-state index contributed by atoms with van der Waals surface area (Å²) in [7, 11) is 1.55. The van der Waals surface area contributed by atoms with E-state index in [1.165, 1.54) is 33.5 Å². The minimum atomic E-state index is -0.938. The van der Waals surface area contributed by atoms with Gasteiger partial charge in [0.2, 0.25) is 11.9 Å². The van der Waals surface area contributed by atoms with E-state index in [1.54, 1.807) is 14.0 Å². The molecule has 1 aliphatic rings. The first-order chi connectivity index (χ1) is 19.9. The number of benzene rings is 1. The molecule has 0 unspecified atom stereocenters. The second kappa shape index (κ2) is 11.2. The van der Waals surface area contributed by atoms with Crippen LogP contribution in [0.15, 0.2) is 29.2 Å². The van der Waals surface area contributed by atoms with Gasteiger partial charge >= 0.3 is 0 Å². The van der Waals surface area contributed by atoms with E-state index in [0.29, 0.717) is 42.5 Å². The number of nitrogens with zero attached hydrogens (tertiary/aromatic N) is 5. The summed E-state index contributed by atoms with van der Waals surface area (Å²) in [4.78, 5) is 48.9. The van der Waals surface area contributed by atoms with Crippen molar-refractivity contribution in [1.29, 1.82) is 0 Å². The van der Waals surface area contributed by atoms with Crippen LogP contribution in [0.1, 0.15) is 23.1 Å². The van der Waals surface area contributed by atoms with Gasteiger partial charge in [-0.3, -0.25) is 19.0 Å². The monoisotopic (exact) mass is 617 g/mol. The maximum atomic E-state index is 14.7. The van der Waals surface area contributed by atoms with E-state index < -0.39 is 29.1 Å². The molecule has 5 rings (SSSR count). The number of morpholine rings is 1. The second-order valence-corrected chi connectivity index (χ2v) is 10.7. The molecule has 2 amide bonds. The van der Waals surface area contributed by atoms with E-state index in [1.807, 2.05) is 11.8 Å². The molecule has 3 aromatic heterocycles. The number of nitrogens with one attached hydrogen (secondary N) is 1. The van der Waals surface area contributed by atoms with Gasteiger partial charge in [-0.15, -0.1) is 0 Å². The number of hydrogen-bond donors (Lipinski definition) is 3. The lowest BCUT2D eigenvalue weighted by molar-refractivity contribution is -0.116. The normalized spacial score (nSPS) is 15.3. The first-order valence-corrected chi connectivity index (χ1v) is 13.5. The predicted molar refractivity (Wildman–Crippen MR) is 156 cm³/mol. The molecule has 1 saturated heterocycles. The van der Waals surface area contributed by atoms with Crippen molar-refractivity contribution in [3.8, 4) is 16.9 Å². The largest absolute Gasteiger partial charge is 0.506 e. The molecule has 4 aromatic rings. The van der Waals surface area contributed by atoms with Gasteiger partial charge in [0, 0.05) is 31.4 Å². The Morgan fingerprint density at radius 3 is 2.69 bits per heavy atom. The number of rotatable bonds is 6. The summed E-state index contributed by atoms with van der Waals surface area (Å²) < 4.78 is 22.9. The Morgan fingerprint density at radius 2 is 2.00 bits per heavy atom. The lowest BCUT2D eigenvalue weighted by Gasteiger charge is -2.34. The van der Waals surface area contributed by atoms with E-state index in [4.69, 9.17) is 33.7 Å². The zero-order chi connectivity index (χ0) is 30.5. The van der Waals surface area contributed by atoms with Crippen LogP contribution in [0.25, 0.3) is 22.2 Å². The molecule has 0 bridgehead atoms. The van der Waals surface area contributed by atoms with Crippen molar-refractivity contribution in [3.05, 3.63) is 62.1 Å². The number of halogens is 3. The minimum absolute atomic E-state index is 0.0241. The van der Waals surface area contributed by atoms with Gasteiger partial charge in [-0.05, 0) is 31.5 Å². The Kier molecular flexibility index (Phi) is 7.84. The fourth-order valence-electron chi connectivity index (χ4n) is 4.84. The quantitative estimate of drug-likeness (QED) is 0.278. The van der Waals surface area contributed by atoms with E-state index in [0.717, 1.165) is 0 Å². The van der Waals surface area contributed by atoms with Gasteiger partial charge in [0.1, 0.15) is 34.6 Å². The number of phenols is 1. The molecule has 1 fully saturated rings. The van der Waals surface area contributed by atoms with Crippen LogP contribution in [0.2, 0.25) is 10.0 Å². The Hall–Kier alpha value is -4.20. The van der Waals surface area contributed by atoms with Crippen molar-refractivity contribution < 1.29 is 23.8 Å². The number of fused-ring (bicyclic) bond motifs is 1. The Morgan fingerprint density at radius 1 is 1.26 bits per heavy atom. The van der Waals surface area contributed by atoms with Gasteiger partial charge in [-0.2, -0.15) is 4.39 Å². The van der Waals surface area contributed by atoms with Crippen molar-refractivity contribution in [3.63, 3.8) is 0 Å². The van der Waals surface area contributed by atoms with Crippen LogP contribution in [0.5, 0.6) is 5.75 Å². The average molecular weight is 618 g/mol. The molecule has 12 nitrogen and oxygen atoms in total. The molecule has 1 aromatic carbocycles. The van der Waals surface area contributed by atoms with E-state index >= 15 is 0 Å². The van der Waals surface area contributed by atoms with E-state index in [-0.39, 0.29) is 44.9 Å². The lowest BCUT2D eigenvalue weighted by atomic mass is 10.0. The summed E-state index contributed by atoms with van der Waals surface area (Å²) >= 11 is 12.3. The molecule has 1 aliphatic heterocycles. The molecular weight excluding hydrogens is 592 g/mol. The fraction of sp³-hybridized carbons (Fsp3) is 0.296. The summed E-state index contributed by atoms with van der Waals surface area (Å²) in [5.74, 6) is -2.27. The third kappa shape index (κ3) is 5.26. The van der Waals surface area contributed by atoms with Crippen LogP contribution in [0.4, 0.5) is 15.9 Å². The number of pyridine rings is 1. The third-order valence-corrected chi connectivity index (χ3v) is 7.76. The summed E-state index contributed by atoms with van der Waals surface area (Å²) in [6.45, 7) is 4.57. The molecule has 15 heteroatoms. The summed E-state index contributed by atoms with van der Waals surface area (Å²) in [5, 5.41) is 12.5. The zero-order valence-electron chi connectivity index (χ0n) is 22.7. The number of primary amides is 1. The first kappa shape index (κ1) is 29.3. The molecule has 220 valence electrons. The number of nitrogens with two attached hydrogens (primary N) is 1. The Bertz CT molecular complexity index is 1820. The first-order valence-electron chi connectivity index (χ1n) is 12.8. The van der Waals surface area contributed by atoms with Crippen molar-refractivity contribution >= 4 is 57.6 Å². The summed E-state index contributed by atoms with van der Waals surface area (Å²) in [6, 6.07) is 4.10. The van der Waals surface area contributed by atoms with Crippen LogP contribution in [-0.4, -0.2) is 61.8 Å². The summed E-state index contributed by atoms with van der Waals surface area (Å²) in [6.07, 6.45) is 1.50. The number of carbonyl (C=O) groups is 2. The van der Waals surface area contributed by atoms with Gasteiger partial charge in [0.15, 0.2) is 0 Å².